The van der Waals surface area contributed by atoms with Gasteiger partial charge in [-0.05, 0) is 42.5 Å². The number of nitrogens with one attached hydrogen (secondary N) is 2. The second-order valence-corrected chi connectivity index (χ2v) is 5.84. The zero-order valence-electron chi connectivity index (χ0n) is 14.7. The average Bonchev–Trinajstić information content (AvgIpc) is 2.68. The lowest BCUT2D eigenvalue weighted by atomic mass is 10.2. The van der Waals surface area contributed by atoms with Gasteiger partial charge in [0.05, 0.1) is 24.8 Å². The summed E-state index contributed by atoms with van der Waals surface area (Å²) < 4.78 is 9.87. The maximum absolute atomic E-state index is 11.6. The summed E-state index contributed by atoms with van der Waals surface area (Å²) >= 11 is 6.13. The van der Waals surface area contributed by atoms with E-state index >= 15 is 0 Å². The van der Waals surface area contributed by atoms with Crippen LogP contribution in [0.15, 0.2) is 54.7 Å². The van der Waals surface area contributed by atoms with E-state index in [9.17, 15) is 4.79 Å². The molecule has 8 heteroatoms. The fourth-order valence-corrected chi connectivity index (χ4v) is 2.61. The van der Waals surface area contributed by atoms with E-state index in [2.05, 4.69) is 20.6 Å². The van der Waals surface area contributed by atoms with Crippen LogP contribution in [0.3, 0.4) is 0 Å². The maximum Gasteiger partial charge on any atom is 0.337 e. The summed E-state index contributed by atoms with van der Waals surface area (Å²) in [4.78, 5) is 20.2. The van der Waals surface area contributed by atoms with Gasteiger partial charge in [0.2, 0.25) is 5.95 Å². The van der Waals surface area contributed by atoms with E-state index in [-0.39, 0.29) is 0 Å². The highest BCUT2D eigenvalue weighted by Crippen LogP contribution is 2.28. The van der Waals surface area contributed by atoms with Crippen molar-refractivity contribution in [1.29, 1.82) is 0 Å². The van der Waals surface area contributed by atoms with Gasteiger partial charge in [-0.15, -0.1) is 0 Å². The number of anilines is 4. The van der Waals surface area contributed by atoms with Crippen LogP contribution in [-0.2, 0) is 4.74 Å². The molecule has 2 aromatic carbocycles. The highest BCUT2D eigenvalue weighted by Gasteiger charge is 2.07. The van der Waals surface area contributed by atoms with E-state index in [1.165, 1.54) is 7.11 Å². The second kappa shape index (κ2) is 8.37. The van der Waals surface area contributed by atoms with Gasteiger partial charge in [-0.2, -0.15) is 4.98 Å². The van der Waals surface area contributed by atoms with Crippen molar-refractivity contribution in [3.8, 4) is 5.75 Å². The molecular weight excluding hydrogens is 368 g/mol. The number of carbonyl (C=O) groups excluding carboxylic acids is 1. The number of nitrogens with zero attached hydrogens (tertiary/aromatic N) is 2. The van der Waals surface area contributed by atoms with Crippen molar-refractivity contribution < 1.29 is 14.3 Å². The van der Waals surface area contributed by atoms with Gasteiger partial charge in [0.25, 0.3) is 0 Å². The van der Waals surface area contributed by atoms with Crippen LogP contribution >= 0.6 is 11.6 Å². The van der Waals surface area contributed by atoms with Crippen molar-refractivity contribution in [2.75, 3.05) is 24.9 Å². The molecule has 2 N–H and O–H groups in total. The minimum absolute atomic E-state index is 0.394. The number of esters is 1. The lowest BCUT2D eigenvalue weighted by Gasteiger charge is -2.10. The van der Waals surface area contributed by atoms with Crippen LogP contribution in [0, 0.1) is 0 Å². The SMILES string of the molecule is COC(=O)c1cccc(Nc2ccnc(Nc3ccc(OC)c(Cl)c3)n2)c1. The molecule has 0 unspecified atom stereocenters. The molecular formula is C19H17ClN4O3. The molecule has 1 aromatic heterocycles. The summed E-state index contributed by atoms with van der Waals surface area (Å²) in [6.07, 6.45) is 1.62. The predicted molar refractivity (Wildman–Crippen MR) is 104 cm³/mol. The predicted octanol–water partition coefficient (Wildman–Crippen LogP) is 4.41. The largest absolute Gasteiger partial charge is 0.495 e. The highest BCUT2D eigenvalue weighted by molar-refractivity contribution is 6.32. The van der Waals surface area contributed by atoms with E-state index < -0.39 is 5.97 Å². The fraction of sp³-hybridized carbons (Fsp3) is 0.105. The first kappa shape index (κ1) is 18.5. The first-order valence-corrected chi connectivity index (χ1v) is 8.36. The van der Waals surface area contributed by atoms with Gasteiger partial charge in [0.1, 0.15) is 11.6 Å². The van der Waals surface area contributed by atoms with E-state index in [0.29, 0.717) is 33.8 Å². The van der Waals surface area contributed by atoms with Gasteiger partial charge in [-0.3, -0.25) is 0 Å². The van der Waals surface area contributed by atoms with Crippen LogP contribution < -0.4 is 15.4 Å². The molecule has 3 aromatic rings. The first-order chi connectivity index (χ1) is 13.1. The molecule has 0 amide bonds. The normalized spacial score (nSPS) is 10.2. The Morgan fingerprint density at radius 3 is 2.59 bits per heavy atom. The quantitative estimate of drug-likeness (QED) is 0.608. The minimum Gasteiger partial charge on any atom is -0.495 e. The number of carbonyl (C=O) groups is 1. The van der Waals surface area contributed by atoms with Gasteiger partial charge in [0, 0.05) is 17.6 Å². The van der Waals surface area contributed by atoms with Gasteiger partial charge < -0.3 is 20.1 Å². The zero-order valence-corrected chi connectivity index (χ0v) is 15.4. The number of hydrogen-bond donors (Lipinski definition) is 2. The van der Waals surface area contributed by atoms with Crippen LogP contribution in [0.2, 0.25) is 5.02 Å². The molecule has 1 heterocycles. The average molecular weight is 385 g/mol. The van der Waals surface area contributed by atoms with Crippen molar-refractivity contribution in [2.45, 2.75) is 0 Å². The third kappa shape index (κ3) is 4.65. The zero-order chi connectivity index (χ0) is 19.2. The number of rotatable bonds is 6. The van der Waals surface area contributed by atoms with E-state index in [1.54, 1.807) is 49.7 Å². The van der Waals surface area contributed by atoms with E-state index in [4.69, 9.17) is 21.1 Å². The Kier molecular flexibility index (Phi) is 5.73. The number of aromatic nitrogens is 2. The van der Waals surface area contributed by atoms with E-state index in [1.807, 2.05) is 12.1 Å². The highest BCUT2D eigenvalue weighted by atomic mass is 35.5. The Morgan fingerprint density at radius 2 is 1.85 bits per heavy atom. The molecule has 0 radical (unpaired) electrons. The molecule has 7 nitrogen and oxygen atoms in total. The summed E-state index contributed by atoms with van der Waals surface area (Å²) in [5, 5.41) is 6.70. The van der Waals surface area contributed by atoms with Gasteiger partial charge in [0.15, 0.2) is 0 Å². The van der Waals surface area contributed by atoms with Gasteiger partial charge in [-0.1, -0.05) is 17.7 Å². The lowest BCUT2D eigenvalue weighted by molar-refractivity contribution is 0.0601. The molecule has 0 saturated heterocycles. The Balaban J connectivity index is 1.76. The molecule has 0 aliphatic rings. The number of ether oxygens (including phenoxy) is 2. The van der Waals surface area contributed by atoms with Crippen molar-refractivity contribution >= 4 is 40.7 Å². The molecule has 27 heavy (non-hydrogen) atoms. The number of benzene rings is 2. The maximum atomic E-state index is 11.6. The Morgan fingerprint density at radius 1 is 1.04 bits per heavy atom. The summed E-state index contributed by atoms with van der Waals surface area (Å²) in [7, 11) is 2.90. The standard InChI is InChI=1S/C19H17ClN4O3/c1-26-16-7-6-14(11-15(16)20)23-19-21-9-8-17(24-19)22-13-5-3-4-12(10-13)18(25)27-2/h3-11H,1-2H3,(H2,21,22,23,24). The van der Waals surface area contributed by atoms with Crippen LogP contribution in [-0.4, -0.2) is 30.2 Å². The van der Waals surface area contributed by atoms with E-state index in [0.717, 1.165) is 5.69 Å². The van der Waals surface area contributed by atoms with Gasteiger partial charge >= 0.3 is 5.97 Å². The van der Waals surface area contributed by atoms with Crippen molar-refractivity contribution in [2.24, 2.45) is 0 Å². The summed E-state index contributed by atoms with van der Waals surface area (Å²) in [5.74, 6) is 1.14. The molecule has 0 aliphatic heterocycles. The number of methoxy groups -OCH3 is 2. The van der Waals surface area contributed by atoms with Crippen LogP contribution in [0.25, 0.3) is 0 Å². The number of hydrogen-bond acceptors (Lipinski definition) is 7. The Hall–Kier alpha value is -3.32. The molecule has 3 rings (SSSR count). The second-order valence-electron chi connectivity index (χ2n) is 5.44. The molecule has 0 atom stereocenters. The topological polar surface area (TPSA) is 85.4 Å². The van der Waals surface area contributed by atoms with Crippen molar-refractivity contribution in [3.05, 3.63) is 65.3 Å². The Labute approximate surface area is 161 Å². The molecule has 0 fully saturated rings. The third-order valence-corrected chi connectivity index (χ3v) is 3.91. The third-order valence-electron chi connectivity index (χ3n) is 3.62. The smallest absolute Gasteiger partial charge is 0.337 e. The molecule has 0 aliphatic carbocycles. The fourth-order valence-electron chi connectivity index (χ4n) is 2.35. The van der Waals surface area contributed by atoms with Crippen LogP contribution in [0.4, 0.5) is 23.1 Å². The van der Waals surface area contributed by atoms with Crippen molar-refractivity contribution in [3.63, 3.8) is 0 Å². The lowest BCUT2D eigenvalue weighted by Crippen LogP contribution is -2.03. The molecule has 0 saturated carbocycles. The Bertz CT molecular complexity index is 965. The molecule has 138 valence electrons. The van der Waals surface area contributed by atoms with Crippen molar-refractivity contribution in [1.82, 2.24) is 9.97 Å². The van der Waals surface area contributed by atoms with Gasteiger partial charge in [-0.25, -0.2) is 9.78 Å². The summed E-state index contributed by atoms with van der Waals surface area (Å²) in [6.45, 7) is 0. The molecule has 0 spiro atoms. The first-order valence-electron chi connectivity index (χ1n) is 7.98. The minimum atomic E-state index is -0.403. The number of halogens is 1. The van der Waals surface area contributed by atoms with Crippen LogP contribution in [0.5, 0.6) is 5.75 Å². The molecule has 0 bridgehead atoms. The summed E-state index contributed by atoms with van der Waals surface area (Å²) in [5.41, 5.74) is 1.88. The summed E-state index contributed by atoms with van der Waals surface area (Å²) in [6, 6.07) is 14.0. The monoisotopic (exact) mass is 384 g/mol. The van der Waals surface area contributed by atoms with Crippen LogP contribution in [0.1, 0.15) is 10.4 Å².